The van der Waals surface area contributed by atoms with Gasteiger partial charge in [-0.1, -0.05) is 17.7 Å². The molecule has 1 aromatic heterocycles. The molecule has 3 nitrogen and oxygen atoms in total. The highest BCUT2D eigenvalue weighted by Crippen LogP contribution is 2.16. The zero-order valence-corrected chi connectivity index (χ0v) is 11.6. The maximum absolute atomic E-state index is 11.9. The number of nitrogens with one attached hydrogen (secondary N) is 1. The Morgan fingerprint density at radius 1 is 1.21 bits per heavy atom. The molecule has 0 aliphatic carbocycles. The van der Waals surface area contributed by atoms with Crippen LogP contribution in [0.15, 0.2) is 34.9 Å². The summed E-state index contributed by atoms with van der Waals surface area (Å²) in [5.74, 6) is 0.789. The van der Waals surface area contributed by atoms with Gasteiger partial charge >= 0.3 is 0 Å². The molecule has 100 valence electrons. The number of amides is 1. The maximum atomic E-state index is 11.9. The summed E-state index contributed by atoms with van der Waals surface area (Å²) in [6, 6.07) is 7.89. The van der Waals surface area contributed by atoms with Crippen LogP contribution in [0.5, 0.6) is 0 Å². The first kappa shape index (κ1) is 13.4. The molecule has 1 N–H and O–H groups in total. The van der Waals surface area contributed by atoms with E-state index in [1.807, 2.05) is 12.1 Å². The zero-order chi connectivity index (χ0) is 13.8. The lowest BCUT2D eigenvalue weighted by atomic mass is 9.97. The Hall–Kier alpha value is -2.03. The number of rotatable bonds is 4. The molecule has 0 bridgehead atoms. The van der Waals surface area contributed by atoms with Crippen molar-refractivity contribution in [1.82, 2.24) is 5.32 Å². The molecule has 0 fully saturated rings. The van der Waals surface area contributed by atoms with E-state index in [4.69, 9.17) is 4.42 Å². The van der Waals surface area contributed by atoms with Gasteiger partial charge in [0.2, 0.25) is 5.91 Å². The molecule has 0 saturated carbocycles. The van der Waals surface area contributed by atoms with Gasteiger partial charge in [-0.15, -0.1) is 0 Å². The normalized spacial score (nSPS) is 10.5. The van der Waals surface area contributed by atoms with E-state index in [1.54, 1.807) is 6.26 Å². The fourth-order valence-corrected chi connectivity index (χ4v) is 2.31. The molecule has 3 heteroatoms. The van der Waals surface area contributed by atoms with Gasteiger partial charge in [0.1, 0.15) is 5.76 Å². The highest BCUT2D eigenvalue weighted by molar-refractivity contribution is 5.79. The predicted molar refractivity (Wildman–Crippen MR) is 74.9 cm³/mol. The molecule has 0 atom stereocenters. The second-order valence-corrected chi connectivity index (χ2v) is 4.91. The third-order valence-electron chi connectivity index (χ3n) is 3.22. The number of furan rings is 1. The van der Waals surface area contributed by atoms with Crippen LogP contribution in [0.2, 0.25) is 0 Å². The van der Waals surface area contributed by atoms with Crippen LogP contribution >= 0.6 is 0 Å². The third kappa shape index (κ3) is 3.47. The quantitative estimate of drug-likeness (QED) is 0.914. The average Bonchev–Trinajstić information content (AvgIpc) is 2.84. The first-order chi connectivity index (χ1) is 9.06. The van der Waals surface area contributed by atoms with Crippen molar-refractivity contribution >= 4 is 5.91 Å². The van der Waals surface area contributed by atoms with Crippen molar-refractivity contribution in [1.29, 1.82) is 0 Å². The molecule has 1 aromatic carbocycles. The van der Waals surface area contributed by atoms with Gasteiger partial charge in [0.25, 0.3) is 0 Å². The van der Waals surface area contributed by atoms with Gasteiger partial charge in [0.05, 0.1) is 19.2 Å². The van der Waals surface area contributed by atoms with Gasteiger partial charge in [-0.25, -0.2) is 0 Å². The van der Waals surface area contributed by atoms with Gasteiger partial charge in [-0.05, 0) is 49.6 Å². The average molecular weight is 257 g/mol. The van der Waals surface area contributed by atoms with Gasteiger partial charge in [0.15, 0.2) is 0 Å². The van der Waals surface area contributed by atoms with Crippen molar-refractivity contribution in [3.63, 3.8) is 0 Å². The number of hydrogen-bond donors (Lipinski definition) is 1. The minimum Gasteiger partial charge on any atom is -0.467 e. The summed E-state index contributed by atoms with van der Waals surface area (Å²) < 4.78 is 5.18. The van der Waals surface area contributed by atoms with Crippen LogP contribution in [0.1, 0.15) is 28.0 Å². The molecule has 0 aliphatic rings. The van der Waals surface area contributed by atoms with Gasteiger partial charge in [0, 0.05) is 0 Å². The summed E-state index contributed by atoms with van der Waals surface area (Å²) in [6.07, 6.45) is 2.02. The lowest BCUT2D eigenvalue weighted by Crippen LogP contribution is -2.25. The molecule has 0 radical (unpaired) electrons. The van der Waals surface area contributed by atoms with E-state index >= 15 is 0 Å². The van der Waals surface area contributed by atoms with Crippen molar-refractivity contribution in [2.24, 2.45) is 0 Å². The van der Waals surface area contributed by atoms with Crippen molar-refractivity contribution in [2.45, 2.75) is 33.7 Å². The Kier molecular flexibility index (Phi) is 4.05. The Morgan fingerprint density at radius 2 is 1.89 bits per heavy atom. The number of benzene rings is 1. The van der Waals surface area contributed by atoms with E-state index in [1.165, 1.54) is 16.7 Å². The molecule has 0 unspecified atom stereocenters. The van der Waals surface area contributed by atoms with E-state index in [0.29, 0.717) is 13.0 Å². The molecule has 0 saturated heterocycles. The second-order valence-electron chi connectivity index (χ2n) is 4.91. The SMILES string of the molecule is Cc1cc(C)c(CC(=O)NCc2ccco2)c(C)c1. The van der Waals surface area contributed by atoms with E-state index < -0.39 is 0 Å². The zero-order valence-electron chi connectivity index (χ0n) is 11.6. The van der Waals surface area contributed by atoms with Crippen molar-refractivity contribution < 1.29 is 9.21 Å². The predicted octanol–water partition coefficient (Wildman–Crippen LogP) is 3.06. The summed E-state index contributed by atoms with van der Waals surface area (Å²) in [7, 11) is 0. The van der Waals surface area contributed by atoms with E-state index in [0.717, 1.165) is 11.3 Å². The van der Waals surface area contributed by atoms with Crippen LogP contribution in [0.3, 0.4) is 0 Å². The molecule has 19 heavy (non-hydrogen) atoms. The number of hydrogen-bond acceptors (Lipinski definition) is 2. The molecular weight excluding hydrogens is 238 g/mol. The minimum atomic E-state index is 0.0199. The summed E-state index contributed by atoms with van der Waals surface area (Å²) in [5, 5.41) is 2.87. The molecule has 0 spiro atoms. The van der Waals surface area contributed by atoms with Crippen molar-refractivity contribution in [2.75, 3.05) is 0 Å². The van der Waals surface area contributed by atoms with Crippen LogP contribution in [0.25, 0.3) is 0 Å². The standard InChI is InChI=1S/C16H19NO2/c1-11-7-12(2)15(13(3)8-11)9-16(18)17-10-14-5-4-6-19-14/h4-8H,9-10H2,1-3H3,(H,17,18). The lowest BCUT2D eigenvalue weighted by molar-refractivity contribution is -0.120. The smallest absolute Gasteiger partial charge is 0.224 e. The molecule has 0 aliphatic heterocycles. The van der Waals surface area contributed by atoms with Crippen LogP contribution in [0, 0.1) is 20.8 Å². The highest BCUT2D eigenvalue weighted by atomic mass is 16.3. The van der Waals surface area contributed by atoms with Crippen LogP contribution in [-0.2, 0) is 17.8 Å². The van der Waals surface area contributed by atoms with Crippen molar-refractivity contribution in [3.8, 4) is 0 Å². The summed E-state index contributed by atoms with van der Waals surface area (Å²) in [4.78, 5) is 11.9. The second kappa shape index (κ2) is 5.74. The fraction of sp³-hybridized carbons (Fsp3) is 0.312. The van der Waals surface area contributed by atoms with E-state index in [-0.39, 0.29) is 5.91 Å². The van der Waals surface area contributed by atoms with Gasteiger partial charge < -0.3 is 9.73 Å². The van der Waals surface area contributed by atoms with E-state index in [2.05, 4.69) is 38.2 Å². The minimum absolute atomic E-state index is 0.0199. The molecule has 2 rings (SSSR count). The molecule has 1 amide bonds. The van der Waals surface area contributed by atoms with Crippen LogP contribution in [-0.4, -0.2) is 5.91 Å². The third-order valence-corrected chi connectivity index (χ3v) is 3.22. The van der Waals surface area contributed by atoms with Gasteiger partial charge in [-0.2, -0.15) is 0 Å². The summed E-state index contributed by atoms with van der Waals surface area (Å²) in [6.45, 7) is 6.61. The topological polar surface area (TPSA) is 42.2 Å². The summed E-state index contributed by atoms with van der Waals surface area (Å²) >= 11 is 0. The lowest BCUT2D eigenvalue weighted by Gasteiger charge is -2.11. The number of carbonyl (C=O) groups is 1. The Balaban J connectivity index is 1.99. The first-order valence-electron chi connectivity index (χ1n) is 6.42. The monoisotopic (exact) mass is 257 g/mol. The highest BCUT2D eigenvalue weighted by Gasteiger charge is 2.09. The van der Waals surface area contributed by atoms with E-state index in [9.17, 15) is 4.79 Å². The number of carbonyl (C=O) groups excluding carboxylic acids is 1. The Morgan fingerprint density at radius 3 is 2.47 bits per heavy atom. The fourth-order valence-electron chi connectivity index (χ4n) is 2.31. The molecule has 2 aromatic rings. The first-order valence-corrected chi connectivity index (χ1v) is 6.42. The Labute approximate surface area is 113 Å². The number of aryl methyl sites for hydroxylation is 3. The Bertz CT molecular complexity index is 547. The van der Waals surface area contributed by atoms with Crippen LogP contribution in [0.4, 0.5) is 0 Å². The van der Waals surface area contributed by atoms with Crippen molar-refractivity contribution in [3.05, 3.63) is 58.5 Å². The largest absolute Gasteiger partial charge is 0.467 e. The molecule has 1 heterocycles. The van der Waals surface area contributed by atoms with Crippen LogP contribution < -0.4 is 5.32 Å². The summed E-state index contributed by atoms with van der Waals surface area (Å²) in [5.41, 5.74) is 4.69. The molecular formula is C16H19NO2. The van der Waals surface area contributed by atoms with Gasteiger partial charge in [-0.3, -0.25) is 4.79 Å². The maximum Gasteiger partial charge on any atom is 0.224 e.